The predicted molar refractivity (Wildman–Crippen MR) is 141 cm³/mol. The van der Waals surface area contributed by atoms with Gasteiger partial charge in [-0.25, -0.2) is 19.7 Å². The fourth-order valence-corrected chi connectivity index (χ4v) is 4.41. The zero-order valence-electron chi connectivity index (χ0n) is 21.2. The highest BCUT2D eigenvalue weighted by atomic mass is 16.6. The van der Waals surface area contributed by atoms with Crippen molar-refractivity contribution >= 4 is 29.0 Å². The van der Waals surface area contributed by atoms with Gasteiger partial charge in [0.05, 0.1) is 12.9 Å². The maximum absolute atomic E-state index is 13.4. The minimum absolute atomic E-state index is 0.0389. The van der Waals surface area contributed by atoms with Crippen LogP contribution in [-0.4, -0.2) is 77.8 Å². The molecule has 4 aromatic rings. The van der Waals surface area contributed by atoms with E-state index < -0.39 is 49.2 Å². The van der Waals surface area contributed by atoms with Crippen LogP contribution in [-0.2, 0) is 27.3 Å². The fourth-order valence-electron chi connectivity index (χ4n) is 4.41. The molecule has 5 N–H and O–H groups in total. The Morgan fingerprint density at radius 2 is 1.68 bits per heavy atom. The molecule has 0 unspecified atom stereocenters. The van der Waals surface area contributed by atoms with Crippen molar-refractivity contribution in [3.63, 3.8) is 0 Å². The Balaban J connectivity index is 1.34. The number of aliphatic hydroxyl groups excluding tert-OH is 3. The molecule has 0 spiro atoms. The molecule has 5 atom stereocenters. The van der Waals surface area contributed by atoms with Gasteiger partial charge in [0.1, 0.15) is 37.3 Å². The smallest absolute Gasteiger partial charge is 0.408 e. The molecule has 1 saturated heterocycles. The number of benzene rings is 2. The molecule has 208 valence electrons. The lowest BCUT2D eigenvalue weighted by atomic mass is 10.1. The Morgan fingerprint density at radius 1 is 0.975 bits per heavy atom. The van der Waals surface area contributed by atoms with Crippen LogP contribution in [0.4, 0.5) is 10.6 Å². The summed E-state index contributed by atoms with van der Waals surface area (Å²) in [7, 11) is 0. The third-order valence-electron chi connectivity index (χ3n) is 6.50. The van der Waals surface area contributed by atoms with Crippen molar-refractivity contribution in [1.82, 2.24) is 24.8 Å². The summed E-state index contributed by atoms with van der Waals surface area (Å²) < 4.78 is 12.3. The second kappa shape index (κ2) is 12.2. The number of amides is 2. The second-order valence-electron chi connectivity index (χ2n) is 9.21. The van der Waals surface area contributed by atoms with E-state index in [1.54, 1.807) is 0 Å². The molecule has 5 rings (SSSR count). The molecule has 13 heteroatoms. The average molecular weight is 549 g/mol. The highest BCUT2D eigenvalue weighted by molar-refractivity contribution is 6.00. The minimum Gasteiger partial charge on any atom is -0.445 e. The number of nitrogens with zero attached hydrogens (tertiary/aromatic N) is 4. The highest BCUT2D eigenvalue weighted by Crippen LogP contribution is 2.32. The van der Waals surface area contributed by atoms with E-state index in [0.717, 1.165) is 11.1 Å². The largest absolute Gasteiger partial charge is 0.445 e. The molecule has 2 aromatic carbocycles. The van der Waals surface area contributed by atoms with Crippen LogP contribution >= 0.6 is 0 Å². The number of aliphatic hydroxyl groups is 3. The van der Waals surface area contributed by atoms with Crippen molar-refractivity contribution in [2.75, 3.05) is 11.9 Å². The Labute approximate surface area is 228 Å². The third kappa shape index (κ3) is 5.92. The molecule has 13 nitrogen and oxygen atoms in total. The normalized spacial score (nSPS) is 21.2. The predicted octanol–water partition coefficient (Wildman–Crippen LogP) is 0.914. The highest BCUT2D eigenvalue weighted by Gasteiger charge is 2.44. The van der Waals surface area contributed by atoms with Crippen LogP contribution in [0.2, 0.25) is 0 Å². The molecule has 1 fully saturated rings. The van der Waals surface area contributed by atoms with Crippen LogP contribution < -0.4 is 10.6 Å². The molecule has 1 aliphatic heterocycles. The number of nitrogens with one attached hydrogen (secondary N) is 2. The first-order valence-corrected chi connectivity index (χ1v) is 12.6. The molecule has 3 heterocycles. The van der Waals surface area contributed by atoms with Gasteiger partial charge in [0.2, 0.25) is 5.91 Å². The van der Waals surface area contributed by atoms with Gasteiger partial charge in [-0.2, -0.15) is 0 Å². The molecule has 2 amide bonds. The molecule has 0 aliphatic carbocycles. The lowest BCUT2D eigenvalue weighted by molar-refractivity contribution is -0.118. The maximum atomic E-state index is 13.4. The zero-order chi connectivity index (χ0) is 28.1. The summed E-state index contributed by atoms with van der Waals surface area (Å²) in [5, 5.41) is 35.3. The minimum atomic E-state index is -1.34. The summed E-state index contributed by atoms with van der Waals surface area (Å²) >= 11 is 0. The van der Waals surface area contributed by atoms with Crippen molar-refractivity contribution in [1.29, 1.82) is 0 Å². The quantitative estimate of drug-likeness (QED) is 0.202. The third-order valence-corrected chi connectivity index (χ3v) is 6.50. The van der Waals surface area contributed by atoms with Crippen LogP contribution in [0.25, 0.3) is 11.2 Å². The number of fused-ring (bicyclic) bond motifs is 1. The van der Waals surface area contributed by atoms with E-state index >= 15 is 0 Å². The monoisotopic (exact) mass is 548 g/mol. The zero-order valence-corrected chi connectivity index (χ0v) is 21.2. The standard InChI is InChI=1S/C27H28N6O7/c34-12-19-21(35)22(36)26(40-19)33-15-30-20-23(28-14-29-24(20)33)32-25(37)18(11-16-7-3-1-4-8-16)31-27(38)39-13-17-9-5-2-6-10-17/h1-10,14-15,18-19,21-22,26,34-36H,11-13H2,(H,31,38)(H,28,29,32,37)/t18-,19-,21+,22+,26-/m1/s1. The summed E-state index contributed by atoms with van der Waals surface area (Å²) in [6.07, 6.45) is -2.75. The van der Waals surface area contributed by atoms with Gasteiger partial charge in [0.15, 0.2) is 23.2 Å². The second-order valence-corrected chi connectivity index (χ2v) is 9.21. The SMILES string of the molecule is O=C(N[C@H](Cc1ccccc1)C(=O)Nc1ncnc2c1ncn2[C@@H]1O[C@H](CO)[C@H](O)[C@@H]1O)OCc1ccccc1. The lowest BCUT2D eigenvalue weighted by Crippen LogP contribution is -2.45. The Hall–Kier alpha value is -4.43. The molecule has 40 heavy (non-hydrogen) atoms. The number of rotatable bonds is 9. The van der Waals surface area contributed by atoms with Crippen LogP contribution in [0.3, 0.4) is 0 Å². The Bertz CT molecular complexity index is 1450. The first-order chi connectivity index (χ1) is 19.4. The van der Waals surface area contributed by atoms with Crippen LogP contribution in [0.1, 0.15) is 17.4 Å². The number of carbonyl (C=O) groups excluding carboxylic acids is 2. The average Bonchev–Trinajstić information content (AvgIpc) is 3.53. The first-order valence-electron chi connectivity index (χ1n) is 12.6. The summed E-state index contributed by atoms with van der Waals surface area (Å²) in [5.74, 6) is -0.499. The van der Waals surface area contributed by atoms with Crippen molar-refractivity contribution < 1.29 is 34.4 Å². The van der Waals surface area contributed by atoms with E-state index in [1.165, 1.54) is 17.2 Å². The van der Waals surface area contributed by atoms with Crippen LogP contribution in [0, 0.1) is 0 Å². The van der Waals surface area contributed by atoms with E-state index in [9.17, 15) is 24.9 Å². The van der Waals surface area contributed by atoms with Crippen molar-refractivity contribution in [2.45, 2.75) is 43.6 Å². The van der Waals surface area contributed by atoms with E-state index in [0.29, 0.717) is 0 Å². The number of imidazole rings is 1. The van der Waals surface area contributed by atoms with Crippen LogP contribution in [0.15, 0.2) is 73.3 Å². The number of anilines is 1. The van der Waals surface area contributed by atoms with E-state index in [1.807, 2.05) is 60.7 Å². The topological polar surface area (TPSA) is 181 Å². The molecule has 0 saturated carbocycles. The fraction of sp³-hybridized carbons (Fsp3) is 0.296. The van der Waals surface area contributed by atoms with Gasteiger partial charge in [-0.3, -0.25) is 9.36 Å². The number of hydrogen-bond donors (Lipinski definition) is 5. The van der Waals surface area contributed by atoms with Crippen molar-refractivity contribution in [3.05, 3.63) is 84.4 Å². The van der Waals surface area contributed by atoms with Crippen LogP contribution in [0.5, 0.6) is 0 Å². The number of aromatic nitrogens is 4. The summed E-state index contributed by atoms with van der Waals surface area (Å²) in [5.41, 5.74) is 2.02. The van der Waals surface area contributed by atoms with Gasteiger partial charge in [0.25, 0.3) is 0 Å². The van der Waals surface area contributed by atoms with Gasteiger partial charge >= 0.3 is 6.09 Å². The first kappa shape index (κ1) is 27.1. The number of carbonyl (C=O) groups is 2. The van der Waals surface area contributed by atoms with Gasteiger partial charge in [-0.05, 0) is 11.1 Å². The lowest BCUT2D eigenvalue weighted by Gasteiger charge is -2.19. The molecule has 2 aromatic heterocycles. The van der Waals surface area contributed by atoms with Gasteiger partial charge in [0, 0.05) is 6.42 Å². The summed E-state index contributed by atoms with van der Waals surface area (Å²) in [4.78, 5) is 38.6. The van der Waals surface area contributed by atoms with E-state index in [4.69, 9.17) is 9.47 Å². The number of hydrogen-bond acceptors (Lipinski definition) is 10. The summed E-state index contributed by atoms with van der Waals surface area (Å²) in [6.45, 7) is -0.446. The van der Waals surface area contributed by atoms with Crippen molar-refractivity contribution in [2.24, 2.45) is 0 Å². The molecular weight excluding hydrogens is 520 g/mol. The number of ether oxygens (including phenoxy) is 2. The van der Waals surface area contributed by atoms with Crippen molar-refractivity contribution in [3.8, 4) is 0 Å². The molecule has 0 radical (unpaired) electrons. The summed E-state index contributed by atoms with van der Waals surface area (Å²) in [6, 6.07) is 17.3. The molecule has 1 aliphatic rings. The van der Waals surface area contributed by atoms with Gasteiger partial charge < -0.3 is 35.4 Å². The van der Waals surface area contributed by atoms with E-state index in [-0.39, 0.29) is 30.0 Å². The maximum Gasteiger partial charge on any atom is 0.408 e. The number of alkyl carbamates (subject to hydrolysis) is 1. The molecular formula is C27H28N6O7. The molecule has 0 bridgehead atoms. The van der Waals surface area contributed by atoms with Gasteiger partial charge in [-0.1, -0.05) is 60.7 Å². The Kier molecular flexibility index (Phi) is 8.26. The Morgan fingerprint density at radius 3 is 2.35 bits per heavy atom. The van der Waals surface area contributed by atoms with E-state index in [2.05, 4.69) is 25.6 Å². The van der Waals surface area contributed by atoms with Gasteiger partial charge in [-0.15, -0.1) is 0 Å².